The number of phenols is 1. The fraction of sp³-hybridized carbons (Fsp3) is 0.0714. The first kappa shape index (κ1) is 12.6. The number of carbonyl (C=O) groups is 1. The molecule has 2 aromatic carbocycles. The zero-order valence-electron chi connectivity index (χ0n) is 9.68. The van der Waals surface area contributed by atoms with Crippen LogP contribution >= 0.6 is 15.9 Å². The van der Waals surface area contributed by atoms with Crippen LogP contribution in [0.25, 0.3) is 0 Å². The summed E-state index contributed by atoms with van der Waals surface area (Å²) < 4.78 is 5.87. The quantitative estimate of drug-likeness (QED) is 0.884. The monoisotopic (exact) mass is 306 g/mol. The number of ether oxygens (including phenoxy) is 1. The largest absolute Gasteiger partial charge is 0.507 e. The Kier molecular flexibility index (Phi) is 3.67. The molecule has 0 heterocycles. The molecule has 0 radical (unpaired) electrons. The van der Waals surface area contributed by atoms with E-state index in [9.17, 15) is 9.90 Å². The molecule has 0 aliphatic rings. The Balaban J connectivity index is 2.37. The minimum atomic E-state index is -0.220. The van der Waals surface area contributed by atoms with Crippen LogP contribution < -0.4 is 4.74 Å². The molecule has 0 aliphatic carbocycles. The normalized spacial score (nSPS) is 10.1. The zero-order chi connectivity index (χ0) is 13.1. The molecular formula is C14H11BrO3. The van der Waals surface area contributed by atoms with Crippen molar-refractivity contribution in [1.29, 1.82) is 0 Å². The summed E-state index contributed by atoms with van der Waals surface area (Å²) in [5.41, 5.74) is 0.789. The number of aromatic hydroxyl groups is 1. The van der Waals surface area contributed by atoms with E-state index < -0.39 is 0 Å². The van der Waals surface area contributed by atoms with Crippen molar-refractivity contribution in [2.45, 2.75) is 0 Å². The molecule has 0 amide bonds. The van der Waals surface area contributed by atoms with Crippen molar-refractivity contribution in [2.24, 2.45) is 0 Å². The topological polar surface area (TPSA) is 46.5 Å². The highest BCUT2D eigenvalue weighted by Crippen LogP contribution is 2.26. The maximum Gasteiger partial charge on any atom is 0.196 e. The van der Waals surface area contributed by atoms with Gasteiger partial charge in [-0.1, -0.05) is 15.9 Å². The van der Waals surface area contributed by atoms with Crippen molar-refractivity contribution < 1.29 is 14.6 Å². The third kappa shape index (κ3) is 2.54. The second-order valence-electron chi connectivity index (χ2n) is 3.72. The molecule has 0 bridgehead atoms. The Labute approximate surface area is 113 Å². The lowest BCUT2D eigenvalue weighted by Crippen LogP contribution is -2.01. The predicted molar refractivity (Wildman–Crippen MR) is 72.2 cm³/mol. The fourth-order valence-corrected chi connectivity index (χ4v) is 1.85. The van der Waals surface area contributed by atoms with E-state index in [1.54, 1.807) is 36.4 Å². The summed E-state index contributed by atoms with van der Waals surface area (Å²) in [7, 11) is 1.50. The van der Waals surface area contributed by atoms with Crippen LogP contribution in [0.3, 0.4) is 0 Å². The number of methoxy groups -OCH3 is 1. The van der Waals surface area contributed by atoms with Crippen molar-refractivity contribution in [3.63, 3.8) is 0 Å². The van der Waals surface area contributed by atoms with E-state index in [2.05, 4.69) is 15.9 Å². The Morgan fingerprint density at radius 2 is 1.83 bits per heavy atom. The van der Waals surface area contributed by atoms with Crippen LogP contribution in [0.15, 0.2) is 46.9 Å². The molecule has 4 heteroatoms. The number of benzene rings is 2. The average molecular weight is 307 g/mol. The number of phenolic OH excluding ortho intramolecular Hbond substituents is 1. The first-order valence-electron chi connectivity index (χ1n) is 5.29. The van der Waals surface area contributed by atoms with Crippen LogP contribution in [0.5, 0.6) is 11.5 Å². The Hall–Kier alpha value is -1.81. The van der Waals surface area contributed by atoms with Gasteiger partial charge < -0.3 is 9.84 Å². The van der Waals surface area contributed by atoms with Crippen molar-refractivity contribution in [2.75, 3.05) is 7.11 Å². The lowest BCUT2D eigenvalue weighted by molar-refractivity contribution is 0.103. The molecule has 0 aromatic heterocycles. The van der Waals surface area contributed by atoms with Gasteiger partial charge in [-0.2, -0.15) is 0 Å². The van der Waals surface area contributed by atoms with E-state index in [1.807, 2.05) is 0 Å². The highest BCUT2D eigenvalue weighted by atomic mass is 79.9. The smallest absolute Gasteiger partial charge is 0.196 e. The van der Waals surface area contributed by atoms with Gasteiger partial charge in [0, 0.05) is 16.1 Å². The van der Waals surface area contributed by atoms with E-state index in [4.69, 9.17) is 4.74 Å². The minimum absolute atomic E-state index is 0.0812. The first-order chi connectivity index (χ1) is 8.61. The molecule has 0 saturated carbocycles. The molecule has 2 aromatic rings. The van der Waals surface area contributed by atoms with Crippen LogP contribution in [0.4, 0.5) is 0 Å². The van der Waals surface area contributed by atoms with Crippen LogP contribution in [0.1, 0.15) is 15.9 Å². The molecule has 1 N–H and O–H groups in total. The molecule has 18 heavy (non-hydrogen) atoms. The number of hydrogen-bond acceptors (Lipinski definition) is 3. The number of halogens is 1. The van der Waals surface area contributed by atoms with Gasteiger partial charge in [0.15, 0.2) is 5.78 Å². The van der Waals surface area contributed by atoms with E-state index in [0.717, 1.165) is 4.47 Å². The molecule has 3 nitrogen and oxygen atoms in total. The molecule has 0 atom stereocenters. The summed E-state index contributed by atoms with van der Waals surface area (Å²) in [5, 5.41) is 9.80. The number of rotatable bonds is 3. The maximum absolute atomic E-state index is 12.2. The van der Waals surface area contributed by atoms with Gasteiger partial charge in [-0.25, -0.2) is 0 Å². The molecule has 0 unspecified atom stereocenters. The second kappa shape index (κ2) is 5.23. The number of hydrogen-bond donors (Lipinski definition) is 1. The molecule has 2 rings (SSSR count). The lowest BCUT2D eigenvalue weighted by Gasteiger charge is -2.06. The van der Waals surface area contributed by atoms with Crippen LogP contribution in [-0.4, -0.2) is 18.0 Å². The third-order valence-corrected chi connectivity index (χ3v) is 3.08. The van der Waals surface area contributed by atoms with Gasteiger partial charge in [0.1, 0.15) is 11.5 Å². The summed E-state index contributed by atoms with van der Waals surface area (Å²) >= 11 is 3.31. The van der Waals surface area contributed by atoms with Gasteiger partial charge in [-0.3, -0.25) is 4.79 Å². The van der Waals surface area contributed by atoms with Crippen molar-refractivity contribution >= 4 is 21.7 Å². The van der Waals surface area contributed by atoms with Gasteiger partial charge in [-0.15, -0.1) is 0 Å². The van der Waals surface area contributed by atoms with E-state index in [-0.39, 0.29) is 17.1 Å². The van der Waals surface area contributed by atoms with Crippen molar-refractivity contribution in [3.8, 4) is 11.5 Å². The second-order valence-corrected chi connectivity index (χ2v) is 4.63. The summed E-state index contributed by atoms with van der Waals surface area (Å²) in [6.45, 7) is 0. The average Bonchev–Trinajstić information content (AvgIpc) is 2.38. The van der Waals surface area contributed by atoms with Crippen molar-refractivity contribution in [3.05, 3.63) is 58.1 Å². The molecule has 0 saturated heterocycles. The van der Waals surface area contributed by atoms with Gasteiger partial charge >= 0.3 is 0 Å². The van der Waals surface area contributed by atoms with E-state index in [1.165, 1.54) is 13.2 Å². The third-order valence-electron chi connectivity index (χ3n) is 2.56. The Bertz CT molecular complexity index is 576. The molecule has 0 fully saturated rings. The Morgan fingerprint density at radius 1 is 1.17 bits per heavy atom. The SMILES string of the molecule is COc1ccc(C(=O)c2ccc(Br)cc2)c(O)c1. The van der Waals surface area contributed by atoms with E-state index in [0.29, 0.717) is 11.3 Å². The standard InChI is InChI=1S/C14H11BrO3/c1-18-11-6-7-12(13(16)8-11)14(17)9-2-4-10(15)5-3-9/h2-8,16H,1H3. The van der Waals surface area contributed by atoms with Gasteiger partial charge in [-0.05, 0) is 36.4 Å². The molecular weight excluding hydrogens is 296 g/mol. The molecule has 92 valence electrons. The minimum Gasteiger partial charge on any atom is -0.507 e. The number of carbonyl (C=O) groups excluding carboxylic acids is 1. The Morgan fingerprint density at radius 3 is 2.39 bits per heavy atom. The van der Waals surface area contributed by atoms with Gasteiger partial charge in [0.05, 0.1) is 12.7 Å². The highest BCUT2D eigenvalue weighted by Gasteiger charge is 2.13. The van der Waals surface area contributed by atoms with Gasteiger partial charge in [0.25, 0.3) is 0 Å². The number of ketones is 1. The lowest BCUT2D eigenvalue weighted by atomic mass is 10.0. The fourth-order valence-electron chi connectivity index (χ4n) is 1.59. The van der Waals surface area contributed by atoms with Crippen LogP contribution in [0.2, 0.25) is 0 Å². The predicted octanol–water partition coefficient (Wildman–Crippen LogP) is 3.39. The summed E-state index contributed by atoms with van der Waals surface area (Å²) in [4.78, 5) is 12.2. The highest BCUT2D eigenvalue weighted by molar-refractivity contribution is 9.10. The van der Waals surface area contributed by atoms with Crippen LogP contribution in [-0.2, 0) is 0 Å². The summed E-state index contributed by atoms with van der Waals surface area (Å²) in [6, 6.07) is 11.6. The van der Waals surface area contributed by atoms with Crippen molar-refractivity contribution in [1.82, 2.24) is 0 Å². The molecule has 0 spiro atoms. The summed E-state index contributed by atoms with van der Waals surface area (Å²) in [5.74, 6) is 0.213. The van der Waals surface area contributed by atoms with Crippen LogP contribution in [0, 0.1) is 0 Å². The maximum atomic E-state index is 12.2. The first-order valence-corrected chi connectivity index (χ1v) is 6.08. The zero-order valence-corrected chi connectivity index (χ0v) is 11.3. The summed E-state index contributed by atoms with van der Waals surface area (Å²) in [6.07, 6.45) is 0. The van der Waals surface area contributed by atoms with Gasteiger partial charge in [0.2, 0.25) is 0 Å². The molecule has 0 aliphatic heterocycles. The van der Waals surface area contributed by atoms with E-state index >= 15 is 0 Å².